The lowest BCUT2D eigenvalue weighted by molar-refractivity contribution is -0.150. The van der Waals surface area contributed by atoms with Gasteiger partial charge < -0.3 is 25.2 Å². The summed E-state index contributed by atoms with van der Waals surface area (Å²) in [6.07, 6.45) is 4.95. The first-order chi connectivity index (χ1) is 23.2. The molecule has 0 unspecified atom stereocenters. The van der Waals surface area contributed by atoms with Gasteiger partial charge in [0.15, 0.2) is 0 Å². The lowest BCUT2D eigenvalue weighted by Gasteiger charge is -2.26. The van der Waals surface area contributed by atoms with Gasteiger partial charge in [0, 0.05) is 6.42 Å². The van der Waals surface area contributed by atoms with E-state index in [-0.39, 0.29) is 55.7 Å². The van der Waals surface area contributed by atoms with E-state index in [1.54, 1.807) is 12.2 Å². The average Bonchev–Trinajstić information content (AvgIpc) is 3.09. The maximum absolute atomic E-state index is 13.4. The van der Waals surface area contributed by atoms with Crippen molar-refractivity contribution in [2.75, 3.05) is 13.2 Å². The summed E-state index contributed by atoms with van der Waals surface area (Å²) in [5, 5.41) is 15.9. The van der Waals surface area contributed by atoms with Gasteiger partial charge in [-0.15, -0.1) is 13.2 Å². The molecule has 4 atom stereocenters. The molecule has 0 aliphatic heterocycles. The van der Waals surface area contributed by atoms with E-state index in [2.05, 4.69) is 23.8 Å². The summed E-state index contributed by atoms with van der Waals surface area (Å²) in [6.45, 7) is 11.6. The number of allylic oxidation sites excluding steroid dienone is 2. The first kappa shape index (κ1) is 37.8. The number of rotatable bonds is 21. The van der Waals surface area contributed by atoms with E-state index in [0.29, 0.717) is 25.9 Å². The smallest absolute Gasteiger partial charge is 0.309 e. The predicted octanol–water partition coefficient (Wildman–Crippen LogP) is 5.99. The number of amides is 2. The Morgan fingerprint density at radius 3 is 1.94 bits per heavy atom. The van der Waals surface area contributed by atoms with Crippen LogP contribution in [0.3, 0.4) is 0 Å². The van der Waals surface area contributed by atoms with Crippen molar-refractivity contribution < 1.29 is 29.0 Å². The van der Waals surface area contributed by atoms with Crippen LogP contribution in [0.1, 0.15) is 49.8 Å². The Morgan fingerprint density at radius 1 is 0.771 bits per heavy atom. The summed E-state index contributed by atoms with van der Waals surface area (Å²) in [6, 6.07) is 26.2. The Hall–Kier alpha value is -4.69. The van der Waals surface area contributed by atoms with E-state index in [1.165, 1.54) is 0 Å². The fraction of sp³-hybridized carbons (Fsp3) is 0.375. The van der Waals surface area contributed by atoms with Crippen LogP contribution in [0.25, 0.3) is 0 Å². The Labute approximate surface area is 285 Å². The average molecular weight is 655 g/mol. The number of ether oxygens (including phenoxy) is 2. The van der Waals surface area contributed by atoms with Gasteiger partial charge in [-0.1, -0.05) is 98.8 Å². The highest BCUT2D eigenvalue weighted by molar-refractivity contribution is 5.86. The zero-order chi connectivity index (χ0) is 34.7. The highest BCUT2D eigenvalue weighted by Crippen LogP contribution is 2.18. The molecule has 3 N–H and O–H groups in total. The second-order valence-corrected chi connectivity index (χ2v) is 12.4. The summed E-state index contributed by atoms with van der Waals surface area (Å²) in [4.78, 5) is 39.4. The van der Waals surface area contributed by atoms with E-state index in [4.69, 9.17) is 9.47 Å². The third-order valence-electron chi connectivity index (χ3n) is 8.14. The van der Waals surface area contributed by atoms with Crippen LogP contribution in [0, 0.1) is 17.8 Å². The van der Waals surface area contributed by atoms with Crippen molar-refractivity contribution in [3.63, 3.8) is 0 Å². The van der Waals surface area contributed by atoms with Crippen LogP contribution in [0.4, 0.5) is 0 Å². The number of aliphatic hydroxyl groups is 1. The molecule has 48 heavy (non-hydrogen) atoms. The van der Waals surface area contributed by atoms with Gasteiger partial charge >= 0.3 is 5.97 Å². The molecule has 3 aromatic rings. The third-order valence-corrected chi connectivity index (χ3v) is 8.14. The number of carbonyl (C=O) groups is 3. The first-order valence-electron chi connectivity index (χ1n) is 16.6. The summed E-state index contributed by atoms with van der Waals surface area (Å²) < 4.78 is 11.6. The van der Waals surface area contributed by atoms with Crippen LogP contribution >= 0.6 is 0 Å². The summed E-state index contributed by atoms with van der Waals surface area (Å²) >= 11 is 0. The van der Waals surface area contributed by atoms with Gasteiger partial charge in [-0.3, -0.25) is 14.4 Å². The lowest BCUT2D eigenvalue weighted by Crippen LogP contribution is -2.47. The largest absolute Gasteiger partial charge is 0.489 e. The Bertz CT molecular complexity index is 1430. The van der Waals surface area contributed by atoms with E-state index >= 15 is 0 Å². The molecule has 0 bridgehead atoms. The van der Waals surface area contributed by atoms with Crippen molar-refractivity contribution in [3.8, 4) is 5.75 Å². The number of nitrogens with one attached hydrogen (secondary N) is 2. The number of hydrogen-bond donors (Lipinski definition) is 3. The molecule has 256 valence electrons. The molecule has 3 rings (SSSR count). The van der Waals surface area contributed by atoms with Gasteiger partial charge in [-0.05, 0) is 60.4 Å². The lowest BCUT2D eigenvalue weighted by atomic mass is 9.96. The maximum atomic E-state index is 13.4. The second kappa shape index (κ2) is 20.5. The quantitative estimate of drug-likeness (QED) is 0.0962. The normalized spacial score (nSPS) is 13.4. The summed E-state index contributed by atoms with van der Waals surface area (Å²) in [5.74, 6) is -1.37. The molecule has 0 aromatic heterocycles. The third kappa shape index (κ3) is 13.2. The monoisotopic (exact) mass is 654 g/mol. The number of esters is 1. The van der Waals surface area contributed by atoms with E-state index in [0.717, 1.165) is 22.4 Å². The maximum Gasteiger partial charge on any atom is 0.309 e. The van der Waals surface area contributed by atoms with Gasteiger partial charge in [-0.25, -0.2) is 0 Å². The first-order valence-corrected chi connectivity index (χ1v) is 16.6. The highest BCUT2D eigenvalue weighted by Gasteiger charge is 2.27. The minimum atomic E-state index is -0.675. The molecule has 3 aromatic carbocycles. The van der Waals surface area contributed by atoms with Crippen molar-refractivity contribution in [1.82, 2.24) is 10.6 Å². The Kier molecular flexibility index (Phi) is 16.1. The molecule has 0 spiro atoms. The summed E-state index contributed by atoms with van der Waals surface area (Å²) in [5.41, 5.74) is 3.03. The minimum Gasteiger partial charge on any atom is -0.489 e. The minimum absolute atomic E-state index is 0.0142. The number of aliphatic hydroxyl groups excluding tert-OH is 1. The molecule has 0 aliphatic carbocycles. The zero-order valence-electron chi connectivity index (χ0n) is 28.2. The SMILES string of the molecule is C=CC[C@H](CC(=O)N[C@H](CO)Cc1ccc(OCc2ccccc2)cc1)C(=O)N[C@H](COC(=O)[C@H](CC=C)Cc1ccccc1)C(C)C. The number of carbonyl (C=O) groups excluding carboxylic acids is 3. The second-order valence-electron chi connectivity index (χ2n) is 12.4. The van der Waals surface area contributed by atoms with Gasteiger partial charge in [-0.2, -0.15) is 0 Å². The predicted molar refractivity (Wildman–Crippen MR) is 189 cm³/mol. The molecule has 2 amide bonds. The Balaban J connectivity index is 1.51. The molecule has 0 heterocycles. The molecule has 0 saturated heterocycles. The van der Waals surface area contributed by atoms with Crippen LogP contribution in [-0.2, 0) is 38.6 Å². The molecule has 0 aliphatic rings. The summed E-state index contributed by atoms with van der Waals surface area (Å²) in [7, 11) is 0. The van der Waals surface area contributed by atoms with Gasteiger partial charge in [0.1, 0.15) is 19.0 Å². The van der Waals surface area contributed by atoms with Crippen molar-refractivity contribution >= 4 is 17.8 Å². The number of hydrogen-bond acceptors (Lipinski definition) is 6. The Morgan fingerprint density at radius 2 is 1.35 bits per heavy atom. The van der Waals surface area contributed by atoms with E-state index in [1.807, 2.05) is 98.8 Å². The van der Waals surface area contributed by atoms with Crippen molar-refractivity contribution in [3.05, 3.63) is 127 Å². The van der Waals surface area contributed by atoms with Gasteiger partial charge in [0.25, 0.3) is 0 Å². The molecule has 8 heteroatoms. The zero-order valence-corrected chi connectivity index (χ0v) is 28.2. The van der Waals surface area contributed by atoms with E-state index < -0.39 is 18.0 Å². The molecular formula is C40H50N2O6. The molecule has 0 fully saturated rings. The van der Waals surface area contributed by atoms with Crippen LogP contribution in [0.15, 0.2) is 110 Å². The molecule has 0 radical (unpaired) electrons. The molecular weight excluding hydrogens is 604 g/mol. The van der Waals surface area contributed by atoms with Crippen molar-refractivity contribution in [2.45, 2.75) is 64.6 Å². The van der Waals surface area contributed by atoms with Crippen LogP contribution in [0.2, 0.25) is 0 Å². The topological polar surface area (TPSA) is 114 Å². The number of benzene rings is 3. The molecule has 0 saturated carbocycles. The van der Waals surface area contributed by atoms with E-state index in [9.17, 15) is 19.5 Å². The molecule has 8 nitrogen and oxygen atoms in total. The fourth-order valence-corrected chi connectivity index (χ4v) is 5.26. The van der Waals surface area contributed by atoms with Gasteiger partial charge in [0.2, 0.25) is 11.8 Å². The fourth-order valence-electron chi connectivity index (χ4n) is 5.26. The van der Waals surface area contributed by atoms with Crippen LogP contribution in [-0.4, -0.2) is 48.2 Å². The van der Waals surface area contributed by atoms with Gasteiger partial charge in [0.05, 0.1) is 30.5 Å². The standard InChI is InChI=1S/C40H50N2O6/c1-5-13-33(39(45)42-37(29(3)4)28-48-40(46)34(14-6-2)23-30-15-9-7-10-16-30)25-38(44)41-35(26-43)24-31-19-21-36(22-20-31)47-27-32-17-11-8-12-18-32/h5-12,15-22,29,33-35,37,43H,1-2,13-14,23-28H2,3-4H3,(H,41,44)(H,42,45)/t33-,34-,35+,37-/m1/s1. The van der Waals surface area contributed by atoms with Crippen LogP contribution in [0.5, 0.6) is 5.75 Å². The van der Waals surface area contributed by atoms with Crippen molar-refractivity contribution in [2.24, 2.45) is 17.8 Å². The van der Waals surface area contributed by atoms with Crippen molar-refractivity contribution in [1.29, 1.82) is 0 Å². The van der Waals surface area contributed by atoms with Crippen LogP contribution < -0.4 is 15.4 Å². The highest BCUT2D eigenvalue weighted by atomic mass is 16.5.